The van der Waals surface area contributed by atoms with E-state index in [1.54, 1.807) is 0 Å². The minimum Gasteiger partial charge on any atom is -0.381 e. The highest BCUT2D eigenvalue weighted by molar-refractivity contribution is 9.10. The van der Waals surface area contributed by atoms with Crippen molar-refractivity contribution < 1.29 is 13.5 Å². The average molecular weight is 348 g/mol. The molecule has 2 atom stereocenters. The maximum absolute atomic E-state index is 14.3. The van der Waals surface area contributed by atoms with E-state index in [0.717, 1.165) is 26.0 Å². The van der Waals surface area contributed by atoms with Crippen molar-refractivity contribution >= 4 is 15.9 Å². The third kappa shape index (κ3) is 3.77. The van der Waals surface area contributed by atoms with Gasteiger partial charge in [0.05, 0.1) is 4.47 Å². The minimum absolute atomic E-state index is 0.139. The molecule has 112 valence electrons. The van der Waals surface area contributed by atoms with Crippen LogP contribution in [0.3, 0.4) is 0 Å². The number of halogens is 3. The fourth-order valence-corrected chi connectivity index (χ4v) is 2.93. The van der Waals surface area contributed by atoms with Crippen molar-refractivity contribution in [1.82, 2.24) is 5.32 Å². The Morgan fingerprint density at radius 1 is 1.45 bits per heavy atom. The Morgan fingerprint density at radius 3 is 2.90 bits per heavy atom. The molecule has 2 unspecified atom stereocenters. The van der Waals surface area contributed by atoms with Gasteiger partial charge in [0.2, 0.25) is 0 Å². The molecule has 1 aliphatic rings. The maximum atomic E-state index is 14.3. The zero-order chi connectivity index (χ0) is 14.5. The first-order valence-electron chi connectivity index (χ1n) is 7.08. The number of ether oxygens (including phenoxy) is 1. The van der Waals surface area contributed by atoms with E-state index in [2.05, 4.69) is 21.2 Å². The van der Waals surface area contributed by atoms with Crippen LogP contribution in [0.15, 0.2) is 16.6 Å². The summed E-state index contributed by atoms with van der Waals surface area (Å²) in [6.45, 7) is 4.20. The van der Waals surface area contributed by atoms with E-state index in [1.165, 1.54) is 12.1 Å². The monoisotopic (exact) mass is 347 g/mol. The lowest BCUT2D eigenvalue weighted by Gasteiger charge is -2.23. The molecule has 0 aromatic heterocycles. The van der Waals surface area contributed by atoms with Crippen LogP contribution in [-0.2, 0) is 4.74 Å². The van der Waals surface area contributed by atoms with Crippen molar-refractivity contribution in [2.75, 3.05) is 19.8 Å². The van der Waals surface area contributed by atoms with Gasteiger partial charge in [-0.1, -0.05) is 6.92 Å². The molecule has 0 saturated carbocycles. The molecule has 5 heteroatoms. The van der Waals surface area contributed by atoms with E-state index in [-0.39, 0.29) is 11.6 Å². The average Bonchev–Trinajstić information content (AvgIpc) is 2.93. The van der Waals surface area contributed by atoms with E-state index >= 15 is 0 Å². The number of rotatable bonds is 6. The Hall–Kier alpha value is -0.520. The van der Waals surface area contributed by atoms with Gasteiger partial charge >= 0.3 is 0 Å². The van der Waals surface area contributed by atoms with Crippen LogP contribution in [0.1, 0.15) is 37.8 Å². The van der Waals surface area contributed by atoms with Gasteiger partial charge in [-0.2, -0.15) is 0 Å². The van der Waals surface area contributed by atoms with Crippen LogP contribution in [0.4, 0.5) is 8.78 Å². The Bertz CT molecular complexity index is 450. The first kappa shape index (κ1) is 15.9. The van der Waals surface area contributed by atoms with Crippen LogP contribution in [0, 0.1) is 17.6 Å². The van der Waals surface area contributed by atoms with Crippen LogP contribution in [-0.4, -0.2) is 19.8 Å². The highest BCUT2D eigenvalue weighted by atomic mass is 79.9. The van der Waals surface area contributed by atoms with Crippen LogP contribution < -0.4 is 5.32 Å². The number of benzene rings is 1. The van der Waals surface area contributed by atoms with Crippen LogP contribution in [0.25, 0.3) is 0 Å². The number of hydrogen-bond acceptors (Lipinski definition) is 2. The van der Waals surface area contributed by atoms with E-state index in [0.29, 0.717) is 23.4 Å². The summed E-state index contributed by atoms with van der Waals surface area (Å²) in [6.07, 6.45) is 2.58. The van der Waals surface area contributed by atoms with Gasteiger partial charge < -0.3 is 10.1 Å². The van der Waals surface area contributed by atoms with Crippen molar-refractivity contribution in [2.45, 2.75) is 32.2 Å². The molecule has 0 amide bonds. The SMILES string of the molecule is CCCNC(CC1CCOC1)c1c(F)ccc(Br)c1F. The van der Waals surface area contributed by atoms with E-state index in [4.69, 9.17) is 4.74 Å². The first-order chi connectivity index (χ1) is 9.63. The summed E-state index contributed by atoms with van der Waals surface area (Å²) in [6, 6.07) is 2.41. The molecule has 0 bridgehead atoms. The van der Waals surface area contributed by atoms with E-state index < -0.39 is 11.6 Å². The molecule has 1 aromatic rings. The second-order valence-corrected chi connectivity index (χ2v) is 6.08. The Morgan fingerprint density at radius 2 is 2.25 bits per heavy atom. The summed E-state index contributed by atoms with van der Waals surface area (Å²) >= 11 is 3.14. The predicted octanol–water partition coefficient (Wildman–Crippen LogP) is 4.19. The summed E-state index contributed by atoms with van der Waals surface area (Å²) in [5, 5.41) is 3.27. The third-order valence-electron chi connectivity index (χ3n) is 3.66. The molecule has 0 spiro atoms. The van der Waals surface area contributed by atoms with E-state index in [9.17, 15) is 8.78 Å². The Kier molecular flexibility index (Phi) is 5.93. The largest absolute Gasteiger partial charge is 0.381 e. The van der Waals surface area contributed by atoms with Crippen LogP contribution in [0.2, 0.25) is 0 Å². The molecule has 1 fully saturated rings. The summed E-state index contributed by atoms with van der Waals surface area (Å²) < 4.78 is 34.0. The molecule has 0 radical (unpaired) electrons. The fourth-order valence-electron chi connectivity index (χ4n) is 2.59. The number of nitrogens with one attached hydrogen (secondary N) is 1. The summed E-state index contributed by atoms with van der Waals surface area (Å²) in [4.78, 5) is 0. The lowest BCUT2D eigenvalue weighted by atomic mass is 9.93. The molecule has 1 aromatic carbocycles. The molecule has 1 saturated heterocycles. The van der Waals surface area contributed by atoms with Crippen LogP contribution >= 0.6 is 15.9 Å². The maximum Gasteiger partial charge on any atom is 0.145 e. The van der Waals surface area contributed by atoms with Gasteiger partial charge in [-0.15, -0.1) is 0 Å². The Balaban J connectivity index is 2.22. The molecule has 2 nitrogen and oxygen atoms in total. The van der Waals surface area contributed by atoms with Gasteiger partial charge in [0.25, 0.3) is 0 Å². The van der Waals surface area contributed by atoms with Gasteiger partial charge in [-0.05, 0) is 59.8 Å². The molecule has 1 aliphatic heterocycles. The van der Waals surface area contributed by atoms with Crippen molar-refractivity contribution in [3.8, 4) is 0 Å². The molecular formula is C15H20BrF2NO. The predicted molar refractivity (Wildman–Crippen MR) is 78.6 cm³/mol. The molecule has 1 N–H and O–H groups in total. The van der Waals surface area contributed by atoms with Crippen molar-refractivity contribution in [1.29, 1.82) is 0 Å². The molecule has 2 rings (SSSR count). The van der Waals surface area contributed by atoms with E-state index in [1.807, 2.05) is 6.92 Å². The molecule has 1 heterocycles. The van der Waals surface area contributed by atoms with Gasteiger partial charge in [0.1, 0.15) is 11.6 Å². The summed E-state index contributed by atoms with van der Waals surface area (Å²) in [5.74, 6) is -0.627. The third-order valence-corrected chi connectivity index (χ3v) is 4.27. The zero-order valence-electron chi connectivity index (χ0n) is 11.6. The minimum atomic E-state index is -0.502. The van der Waals surface area contributed by atoms with Crippen molar-refractivity contribution in [3.05, 3.63) is 33.8 Å². The first-order valence-corrected chi connectivity index (χ1v) is 7.87. The topological polar surface area (TPSA) is 21.3 Å². The van der Waals surface area contributed by atoms with Gasteiger partial charge in [-0.25, -0.2) is 8.78 Å². The molecule has 20 heavy (non-hydrogen) atoms. The fraction of sp³-hybridized carbons (Fsp3) is 0.600. The second-order valence-electron chi connectivity index (χ2n) is 5.23. The highest BCUT2D eigenvalue weighted by Crippen LogP contribution is 2.32. The van der Waals surface area contributed by atoms with Gasteiger partial charge in [0, 0.05) is 24.8 Å². The van der Waals surface area contributed by atoms with Gasteiger partial charge in [0.15, 0.2) is 0 Å². The number of hydrogen-bond donors (Lipinski definition) is 1. The molecule has 0 aliphatic carbocycles. The quantitative estimate of drug-likeness (QED) is 0.779. The highest BCUT2D eigenvalue weighted by Gasteiger charge is 2.26. The van der Waals surface area contributed by atoms with Crippen molar-refractivity contribution in [3.63, 3.8) is 0 Å². The van der Waals surface area contributed by atoms with Crippen LogP contribution in [0.5, 0.6) is 0 Å². The molecular weight excluding hydrogens is 328 g/mol. The standard InChI is InChI=1S/C15H20BrF2NO/c1-2-6-19-13(8-10-5-7-20-9-10)14-12(17)4-3-11(16)15(14)18/h3-4,10,13,19H,2,5-9H2,1H3. The lowest BCUT2D eigenvalue weighted by Crippen LogP contribution is -2.26. The normalized spacial score (nSPS) is 20.3. The summed E-state index contributed by atoms with van der Waals surface area (Å²) in [7, 11) is 0. The van der Waals surface area contributed by atoms with Crippen molar-refractivity contribution in [2.24, 2.45) is 5.92 Å². The summed E-state index contributed by atoms with van der Waals surface area (Å²) in [5.41, 5.74) is 0.139. The smallest absolute Gasteiger partial charge is 0.145 e. The van der Waals surface area contributed by atoms with Gasteiger partial charge in [-0.3, -0.25) is 0 Å². The zero-order valence-corrected chi connectivity index (χ0v) is 13.2. The second kappa shape index (κ2) is 7.48. The lowest BCUT2D eigenvalue weighted by molar-refractivity contribution is 0.181. The Labute approximate surface area is 127 Å².